The molecule has 0 bridgehead atoms. The Labute approximate surface area is 309 Å². The van der Waals surface area contributed by atoms with Gasteiger partial charge in [-0.2, -0.15) is 0 Å². The van der Waals surface area contributed by atoms with Crippen molar-refractivity contribution in [1.82, 2.24) is 15.1 Å². The van der Waals surface area contributed by atoms with E-state index in [1.165, 1.54) is 5.56 Å². The van der Waals surface area contributed by atoms with Crippen LogP contribution in [0.25, 0.3) is 12.2 Å². The maximum Gasteiger partial charge on any atom is 0.411 e. The lowest BCUT2D eigenvalue weighted by molar-refractivity contribution is -0.120. The van der Waals surface area contributed by atoms with Crippen molar-refractivity contribution in [3.05, 3.63) is 119 Å². The molecule has 8 heteroatoms. The number of carbonyl (C=O) groups excluding carboxylic acids is 4. The smallest absolute Gasteiger partial charge is 0.411 e. The van der Waals surface area contributed by atoms with Crippen LogP contribution in [0.5, 0.6) is 0 Å². The van der Waals surface area contributed by atoms with Crippen LogP contribution in [0.3, 0.4) is 0 Å². The molecule has 0 radical (unpaired) electrons. The van der Waals surface area contributed by atoms with Crippen molar-refractivity contribution >= 4 is 35.8 Å². The largest absolute Gasteiger partial charge is 0.444 e. The maximum absolute atomic E-state index is 12.8. The van der Waals surface area contributed by atoms with Crippen LogP contribution in [0.2, 0.25) is 0 Å². The second-order valence-electron chi connectivity index (χ2n) is 15.8. The average molecular weight is 706 g/mol. The molecule has 3 aromatic rings. The van der Waals surface area contributed by atoms with E-state index >= 15 is 0 Å². The molecule has 2 aliphatic rings. The van der Waals surface area contributed by atoms with E-state index in [0.29, 0.717) is 37.1 Å². The van der Waals surface area contributed by atoms with Gasteiger partial charge in [-0.05, 0) is 96.6 Å². The van der Waals surface area contributed by atoms with Crippen molar-refractivity contribution in [2.75, 3.05) is 19.6 Å². The summed E-state index contributed by atoms with van der Waals surface area (Å²) >= 11 is 0. The number of ketones is 2. The number of unbranched alkanes of at least 4 members (excludes halogenated alkanes) is 1. The third kappa shape index (κ3) is 11.8. The number of nitrogens with one attached hydrogen (secondary N) is 1. The number of piperidine rings is 2. The number of carbonyl (C=O) groups is 4. The fourth-order valence-corrected chi connectivity index (χ4v) is 6.27. The van der Waals surface area contributed by atoms with Gasteiger partial charge in [0.2, 0.25) is 0 Å². The minimum atomic E-state index is -0.558. The topological polar surface area (TPSA) is 96.0 Å². The molecule has 0 atom stereocenters. The number of nitrogens with zero attached hydrogens (tertiary/aromatic N) is 2. The van der Waals surface area contributed by atoms with Crippen LogP contribution in [-0.4, -0.2) is 69.8 Å². The fraction of sp³-hybridized carbons (Fsp3) is 0.409. The van der Waals surface area contributed by atoms with Crippen LogP contribution in [-0.2, 0) is 20.7 Å². The predicted molar refractivity (Wildman–Crippen MR) is 209 cm³/mol. The van der Waals surface area contributed by atoms with E-state index in [1.807, 2.05) is 127 Å². The SMILES string of the molecule is CC(C)(C)OC(=O)N1C/C(=C\c2ccccc2)C(=O)CC1(C)C.CC1(C)CC(=O)/C(=C/c2ccccc2)CN1C(=O)NCCCCc1ccccc1. The van der Waals surface area contributed by atoms with Gasteiger partial charge in [-0.25, -0.2) is 9.59 Å². The minimum Gasteiger partial charge on any atom is -0.444 e. The van der Waals surface area contributed by atoms with Gasteiger partial charge in [-0.1, -0.05) is 91.0 Å². The summed E-state index contributed by atoms with van der Waals surface area (Å²) in [7, 11) is 0. The molecular formula is C44H55N3O5. The molecule has 3 aromatic carbocycles. The van der Waals surface area contributed by atoms with Crippen LogP contribution in [0, 0.1) is 0 Å². The molecule has 0 aliphatic carbocycles. The number of likely N-dealkylation sites (tertiary alicyclic amines) is 2. The third-order valence-corrected chi connectivity index (χ3v) is 9.17. The number of ether oxygens (including phenoxy) is 1. The number of Topliss-reactive ketones (excluding diaryl/α,β-unsaturated/α-hetero) is 2. The molecular weight excluding hydrogens is 650 g/mol. The summed E-state index contributed by atoms with van der Waals surface area (Å²) in [6.45, 7) is 14.5. The van der Waals surface area contributed by atoms with Crippen molar-refractivity contribution in [2.24, 2.45) is 0 Å². The Morgan fingerprint density at radius 1 is 0.692 bits per heavy atom. The average Bonchev–Trinajstić information content (AvgIpc) is 3.07. The lowest BCUT2D eigenvalue weighted by Gasteiger charge is -2.42. The number of hydrogen-bond acceptors (Lipinski definition) is 5. The Morgan fingerprint density at radius 3 is 1.62 bits per heavy atom. The van der Waals surface area contributed by atoms with Gasteiger partial charge in [0.05, 0.1) is 13.1 Å². The normalized spacial score (nSPS) is 18.4. The van der Waals surface area contributed by atoms with E-state index in [-0.39, 0.29) is 30.2 Å². The molecule has 0 spiro atoms. The molecule has 8 nitrogen and oxygen atoms in total. The highest BCUT2D eigenvalue weighted by Crippen LogP contribution is 2.31. The summed E-state index contributed by atoms with van der Waals surface area (Å²) in [5.41, 5.74) is 3.00. The lowest BCUT2D eigenvalue weighted by atomic mass is 9.86. The Bertz CT molecular complexity index is 1740. The molecule has 52 heavy (non-hydrogen) atoms. The summed E-state index contributed by atoms with van der Waals surface area (Å²) in [5, 5.41) is 3.04. The summed E-state index contributed by atoms with van der Waals surface area (Å²) in [6, 6.07) is 29.7. The van der Waals surface area contributed by atoms with Crippen LogP contribution in [0.4, 0.5) is 9.59 Å². The molecule has 2 fully saturated rings. The quantitative estimate of drug-likeness (QED) is 0.196. The molecule has 3 amide bonds. The Kier molecular flexibility index (Phi) is 13.4. The summed E-state index contributed by atoms with van der Waals surface area (Å²) < 4.78 is 5.50. The second-order valence-corrected chi connectivity index (χ2v) is 15.8. The number of rotatable bonds is 7. The van der Waals surface area contributed by atoms with Crippen molar-refractivity contribution in [2.45, 2.75) is 97.2 Å². The lowest BCUT2D eigenvalue weighted by Crippen LogP contribution is -2.57. The van der Waals surface area contributed by atoms with Gasteiger partial charge in [0.1, 0.15) is 5.60 Å². The number of amides is 3. The molecule has 2 aliphatic heterocycles. The molecule has 276 valence electrons. The molecule has 2 saturated heterocycles. The Balaban J connectivity index is 0.000000239. The first kappa shape index (κ1) is 39.8. The van der Waals surface area contributed by atoms with E-state index in [1.54, 1.807) is 9.80 Å². The van der Waals surface area contributed by atoms with E-state index in [4.69, 9.17) is 4.74 Å². The first-order chi connectivity index (χ1) is 24.5. The molecule has 0 saturated carbocycles. The number of aryl methyl sites for hydroxylation is 1. The third-order valence-electron chi connectivity index (χ3n) is 9.17. The zero-order valence-corrected chi connectivity index (χ0v) is 31.9. The first-order valence-electron chi connectivity index (χ1n) is 18.2. The van der Waals surface area contributed by atoms with E-state index in [9.17, 15) is 19.2 Å². The van der Waals surface area contributed by atoms with E-state index in [0.717, 1.165) is 30.4 Å². The Morgan fingerprint density at radius 2 is 1.13 bits per heavy atom. The van der Waals surface area contributed by atoms with Crippen molar-refractivity contribution < 1.29 is 23.9 Å². The van der Waals surface area contributed by atoms with Gasteiger partial charge in [0.25, 0.3) is 0 Å². The van der Waals surface area contributed by atoms with Crippen molar-refractivity contribution in [1.29, 1.82) is 0 Å². The molecule has 1 N–H and O–H groups in total. The van der Waals surface area contributed by atoms with Crippen LogP contribution in [0.1, 0.15) is 90.8 Å². The number of urea groups is 1. The highest BCUT2D eigenvalue weighted by Gasteiger charge is 2.41. The molecule has 5 rings (SSSR count). The zero-order chi connectivity index (χ0) is 37.9. The van der Waals surface area contributed by atoms with E-state index in [2.05, 4.69) is 29.6 Å². The van der Waals surface area contributed by atoms with Crippen LogP contribution < -0.4 is 5.32 Å². The van der Waals surface area contributed by atoms with Gasteiger partial charge in [-0.3, -0.25) is 14.5 Å². The second kappa shape index (κ2) is 17.5. The van der Waals surface area contributed by atoms with Crippen molar-refractivity contribution in [3.8, 4) is 0 Å². The minimum absolute atomic E-state index is 0.0821. The standard InChI is InChI=1S/C25H30N2O2.C19H25NO3/c1-25(2)18-23(28)22(17-21-14-7-4-8-15-21)19-27(25)24(29)26-16-10-9-13-20-11-5-3-6-12-20;1-18(2,3)23-17(22)20-13-15(16(21)12-19(20,4)5)11-14-9-7-6-8-10-14/h3-8,11-12,14-15,17H,9-10,13,16,18-19H2,1-2H3,(H,26,29);6-11H,12-13H2,1-5H3/b22-17+;15-11+. The van der Waals surface area contributed by atoms with Gasteiger partial charge < -0.3 is 15.0 Å². The van der Waals surface area contributed by atoms with Gasteiger partial charge in [0.15, 0.2) is 11.6 Å². The zero-order valence-electron chi connectivity index (χ0n) is 31.9. The fourth-order valence-electron chi connectivity index (χ4n) is 6.27. The summed E-state index contributed by atoms with van der Waals surface area (Å²) in [6.07, 6.45) is 7.00. The predicted octanol–water partition coefficient (Wildman–Crippen LogP) is 8.91. The number of hydrogen-bond donors (Lipinski definition) is 1. The number of benzene rings is 3. The highest BCUT2D eigenvalue weighted by atomic mass is 16.6. The van der Waals surface area contributed by atoms with E-state index < -0.39 is 16.7 Å². The molecule has 0 aromatic heterocycles. The highest BCUT2D eigenvalue weighted by molar-refractivity contribution is 6.03. The summed E-state index contributed by atoms with van der Waals surface area (Å²) in [4.78, 5) is 53.8. The Hall–Kier alpha value is -4.98. The van der Waals surface area contributed by atoms with Gasteiger partial charge in [-0.15, -0.1) is 0 Å². The first-order valence-corrected chi connectivity index (χ1v) is 18.2. The van der Waals surface area contributed by atoms with Gasteiger partial charge in [0, 0.05) is 41.6 Å². The van der Waals surface area contributed by atoms with Gasteiger partial charge >= 0.3 is 12.1 Å². The van der Waals surface area contributed by atoms with Crippen LogP contribution in [0.15, 0.2) is 102 Å². The monoisotopic (exact) mass is 705 g/mol. The molecule has 0 unspecified atom stereocenters. The van der Waals surface area contributed by atoms with Crippen LogP contribution >= 0.6 is 0 Å². The summed E-state index contributed by atoms with van der Waals surface area (Å²) in [5.74, 6) is 0.199. The molecule has 2 heterocycles. The van der Waals surface area contributed by atoms with Crippen molar-refractivity contribution in [3.63, 3.8) is 0 Å². The maximum atomic E-state index is 12.8.